The zero-order chi connectivity index (χ0) is 21.4. The highest BCUT2D eigenvalue weighted by Gasteiger charge is 2.28. The Hall–Kier alpha value is -2.82. The van der Waals surface area contributed by atoms with Crippen molar-refractivity contribution in [3.8, 4) is 16.9 Å². The Kier molecular flexibility index (Phi) is 7.50. The largest absolute Gasteiger partial charge is 0.423 e. The molecule has 1 atom stereocenters. The molecule has 0 spiro atoms. The highest BCUT2D eigenvalue weighted by atomic mass is 31.2. The summed E-state index contributed by atoms with van der Waals surface area (Å²) >= 11 is 0. The Morgan fingerprint density at radius 2 is 1.80 bits per heavy atom. The van der Waals surface area contributed by atoms with Crippen LogP contribution in [0.4, 0.5) is 0 Å². The highest BCUT2D eigenvalue weighted by molar-refractivity contribution is 7.53. The number of hydrogen-bond donors (Lipinski definition) is 0. The molecule has 6 nitrogen and oxygen atoms in total. The van der Waals surface area contributed by atoms with Gasteiger partial charge >= 0.3 is 7.60 Å². The maximum Gasteiger partial charge on any atom is 0.383 e. The molecule has 0 saturated heterocycles. The number of aldehydes is 1. The number of para-hydroxylation sites is 1. The molecular weight excluding hydrogens is 399 g/mol. The van der Waals surface area contributed by atoms with Gasteiger partial charge in [0.15, 0.2) is 0 Å². The minimum atomic E-state index is -3.49. The van der Waals surface area contributed by atoms with E-state index in [1.54, 1.807) is 25.4 Å². The van der Waals surface area contributed by atoms with Gasteiger partial charge in [0.05, 0.1) is 12.8 Å². The van der Waals surface area contributed by atoms with Gasteiger partial charge in [0.1, 0.15) is 18.4 Å². The average molecular weight is 424 g/mol. The number of carbonyl (C=O) groups excluding carboxylic acids is 1. The van der Waals surface area contributed by atoms with E-state index in [0.717, 1.165) is 34.1 Å². The van der Waals surface area contributed by atoms with Gasteiger partial charge < -0.3 is 9.32 Å². The first-order chi connectivity index (χ1) is 14.5. The van der Waals surface area contributed by atoms with Crippen LogP contribution < -0.4 is 4.52 Å². The fourth-order valence-corrected chi connectivity index (χ4v) is 5.00. The second-order valence-electron chi connectivity index (χ2n) is 6.93. The molecule has 0 saturated carbocycles. The van der Waals surface area contributed by atoms with Gasteiger partial charge in [0.25, 0.3) is 0 Å². The van der Waals surface area contributed by atoms with Gasteiger partial charge in [-0.3, -0.25) is 4.52 Å². The van der Waals surface area contributed by atoms with Gasteiger partial charge in [-0.25, -0.2) is 14.5 Å². The second-order valence-corrected chi connectivity index (χ2v) is 8.91. The minimum absolute atomic E-state index is 0.135. The van der Waals surface area contributed by atoms with Gasteiger partial charge in [-0.05, 0) is 37.5 Å². The lowest BCUT2D eigenvalue weighted by atomic mass is 10.0. The number of aromatic nitrogens is 2. The molecule has 0 amide bonds. The van der Waals surface area contributed by atoms with Gasteiger partial charge in [-0.2, -0.15) is 0 Å². The van der Waals surface area contributed by atoms with Crippen molar-refractivity contribution in [2.45, 2.75) is 32.9 Å². The SMILES string of the molecule is CCOP(=O)(Cc1cc(C)cc(CCC=O)c1)Oc1ccccc1-c1cncnc1. The molecule has 1 heterocycles. The summed E-state index contributed by atoms with van der Waals surface area (Å²) in [4.78, 5) is 18.8. The third-order valence-corrected chi connectivity index (χ3v) is 6.32. The minimum Gasteiger partial charge on any atom is -0.423 e. The van der Waals surface area contributed by atoms with Crippen LogP contribution in [-0.4, -0.2) is 22.9 Å². The molecule has 0 radical (unpaired) electrons. The molecule has 0 aliphatic heterocycles. The van der Waals surface area contributed by atoms with E-state index < -0.39 is 7.60 Å². The summed E-state index contributed by atoms with van der Waals surface area (Å²) in [6.45, 7) is 4.03. The molecule has 0 aliphatic rings. The molecule has 30 heavy (non-hydrogen) atoms. The average Bonchev–Trinajstić information content (AvgIpc) is 2.73. The number of rotatable bonds is 10. The standard InChI is InChI=1S/C23H25N2O4P/c1-3-28-30(27,16-20-12-18(2)11-19(13-20)7-6-10-26)29-23-9-5-4-8-22(23)21-14-24-17-25-15-21/h4-5,8-15,17H,3,6-7,16H2,1-2H3. The van der Waals surface area contributed by atoms with Crippen molar-refractivity contribution in [3.63, 3.8) is 0 Å². The Labute approximate surface area is 176 Å². The first-order valence-electron chi connectivity index (χ1n) is 9.83. The predicted octanol–water partition coefficient (Wildman–Crippen LogP) is 5.39. The van der Waals surface area contributed by atoms with Crippen LogP contribution >= 0.6 is 7.60 Å². The van der Waals surface area contributed by atoms with Crippen LogP contribution in [0.25, 0.3) is 11.1 Å². The monoisotopic (exact) mass is 424 g/mol. The molecule has 1 unspecified atom stereocenters. The zero-order valence-corrected chi connectivity index (χ0v) is 18.0. The van der Waals surface area contributed by atoms with Gasteiger partial charge in [0, 0.05) is 29.9 Å². The Morgan fingerprint density at radius 1 is 1.07 bits per heavy atom. The van der Waals surface area contributed by atoms with Crippen molar-refractivity contribution in [2.75, 3.05) is 6.61 Å². The predicted molar refractivity (Wildman–Crippen MR) is 117 cm³/mol. The Balaban J connectivity index is 1.90. The van der Waals surface area contributed by atoms with Crippen molar-refractivity contribution in [1.82, 2.24) is 9.97 Å². The third kappa shape index (κ3) is 5.85. The van der Waals surface area contributed by atoms with E-state index in [9.17, 15) is 9.36 Å². The Bertz CT molecular complexity index is 1040. The lowest BCUT2D eigenvalue weighted by Gasteiger charge is -2.21. The van der Waals surface area contributed by atoms with E-state index in [1.165, 1.54) is 6.33 Å². The summed E-state index contributed by atoms with van der Waals surface area (Å²) in [5.74, 6) is 0.456. The highest BCUT2D eigenvalue weighted by Crippen LogP contribution is 2.53. The van der Waals surface area contributed by atoms with Crippen LogP contribution in [0.1, 0.15) is 30.0 Å². The second kappa shape index (κ2) is 10.3. The van der Waals surface area contributed by atoms with E-state index in [-0.39, 0.29) is 12.8 Å². The third-order valence-electron chi connectivity index (χ3n) is 4.45. The summed E-state index contributed by atoms with van der Waals surface area (Å²) in [6.07, 6.45) is 6.96. The van der Waals surface area contributed by atoms with Crippen LogP contribution in [0.15, 0.2) is 61.2 Å². The smallest absolute Gasteiger partial charge is 0.383 e. The lowest BCUT2D eigenvalue weighted by Crippen LogP contribution is -2.03. The molecule has 1 aromatic heterocycles. The molecule has 3 rings (SSSR count). The first kappa shape index (κ1) is 21.9. The normalized spacial score (nSPS) is 12.9. The van der Waals surface area contributed by atoms with E-state index in [2.05, 4.69) is 9.97 Å². The van der Waals surface area contributed by atoms with E-state index >= 15 is 0 Å². The van der Waals surface area contributed by atoms with E-state index in [0.29, 0.717) is 18.6 Å². The summed E-state index contributed by atoms with van der Waals surface area (Å²) in [7, 11) is -3.49. The quantitative estimate of drug-likeness (QED) is 0.321. The molecule has 0 aliphatic carbocycles. The van der Waals surface area contributed by atoms with Crippen LogP contribution in [0, 0.1) is 6.92 Å². The molecule has 0 bridgehead atoms. The molecule has 2 aromatic carbocycles. The fraction of sp³-hybridized carbons (Fsp3) is 0.261. The van der Waals surface area contributed by atoms with Crippen molar-refractivity contribution in [1.29, 1.82) is 0 Å². The molecule has 3 aromatic rings. The van der Waals surface area contributed by atoms with Crippen molar-refractivity contribution < 1.29 is 18.4 Å². The number of aryl methyl sites for hydroxylation is 2. The first-order valence-corrected chi connectivity index (χ1v) is 11.6. The maximum absolute atomic E-state index is 13.6. The molecule has 0 N–H and O–H groups in total. The van der Waals surface area contributed by atoms with Crippen LogP contribution in [0.2, 0.25) is 0 Å². The van der Waals surface area contributed by atoms with Crippen LogP contribution in [0.3, 0.4) is 0 Å². The van der Waals surface area contributed by atoms with Gasteiger partial charge in [0.2, 0.25) is 0 Å². The van der Waals surface area contributed by atoms with Crippen LogP contribution in [0.5, 0.6) is 5.75 Å². The molecule has 156 valence electrons. The van der Waals surface area contributed by atoms with Crippen LogP contribution in [-0.2, 0) is 26.5 Å². The summed E-state index contributed by atoms with van der Waals surface area (Å²) < 4.78 is 25.3. The number of benzene rings is 2. The topological polar surface area (TPSA) is 78.4 Å². The van der Waals surface area contributed by atoms with Gasteiger partial charge in [-0.1, -0.05) is 42.0 Å². The number of carbonyl (C=O) groups is 1. The van der Waals surface area contributed by atoms with Crippen molar-refractivity contribution in [3.05, 3.63) is 77.9 Å². The molecule has 0 fully saturated rings. The van der Waals surface area contributed by atoms with Gasteiger partial charge in [-0.15, -0.1) is 0 Å². The fourth-order valence-electron chi connectivity index (χ4n) is 3.31. The summed E-state index contributed by atoms with van der Waals surface area (Å²) in [6, 6.07) is 13.3. The lowest BCUT2D eigenvalue weighted by molar-refractivity contribution is -0.107. The molecule has 7 heteroatoms. The van der Waals surface area contributed by atoms with Crippen molar-refractivity contribution in [2.24, 2.45) is 0 Å². The van der Waals surface area contributed by atoms with E-state index in [1.807, 2.05) is 43.3 Å². The molecular formula is C23H25N2O4P. The van der Waals surface area contributed by atoms with E-state index in [4.69, 9.17) is 9.05 Å². The summed E-state index contributed by atoms with van der Waals surface area (Å²) in [5.41, 5.74) is 4.44. The zero-order valence-electron chi connectivity index (χ0n) is 17.2. The number of nitrogens with zero attached hydrogens (tertiary/aromatic N) is 2. The summed E-state index contributed by atoms with van der Waals surface area (Å²) in [5, 5.41) is 0. The van der Waals surface area contributed by atoms with Crippen molar-refractivity contribution >= 4 is 13.9 Å². The Morgan fingerprint density at radius 3 is 2.53 bits per heavy atom. The number of hydrogen-bond acceptors (Lipinski definition) is 6. The maximum atomic E-state index is 13.6.